The highest BCUT2D eigenvalue weighted by Gasteiger charge is 2.14. The largest absolute Gasteiger partial charge is 0.341 e. The maximum Gasteiger partial charge on any atom is 0.123 e. The fourth-order valence-electron chi connectivity index (χ4n) is 3.03. The SMILES string of the molecule is Fc1ccc(-c2nc(CCCSc3ccccc3)[nH]c2-c2ccncc2)cc1. The van der Waals surface area contributed by atoms with Crippen molar-refractivity contribution in [3.8, 4) is 22.5 Å². The van der Waals surface area contributed by atoms with Gasteiger partial charge < -0.3 is 4.98 Å². The van der Waals surface area contributed by atoms with Crippen LogP contribution in [0, 0.1) is 5.82 Å². The zero-order chi connectivity index (χ0) is 19.2. The van der Waals surface area contributed by atoms with Crippen molar-refractivity contribution >= 4 is 11.8 Å². The molecule has 0 bridgehead atoms. The zero-order valence-electron chi connectivity index (χ0n) is 15.3. The number of nitrogens with zero attached hydrogens (tertiary/aromatic N) is 2. The lowest BCUT2D eigenvalue weighted by Gasteiger charge is -2.02. The van der Waals surface area contributed by atoms with Gasteiger partial charge in [-0.05, 0) is 60.7 Å². The summed E-state index contributed by atoms with van der Waals surface area (Å²) in [6.07, 6.45) is 5.41. The average Bonchev–Trinajstić information content (AvgIpc) is 3.17. The number of thioether (sulfide) groups is 1. The third-order valence-corrected chi connectivity index (χ3v) is 5.51. The molecule has 0 aliphatic rings. The monoisotopic (exact) mass is 389 g/mol. The molecule has 0 saturated carbocycles. The molecule has 140 valence electrons. The first kappa shape index (κ1) is 18.4. The number of rotatable bonds is 7. The van der Waals surface area contributed by atoms with Crippen molar-refractivity contribution in [2.24, 2.45) is 0 Å². The standard InChI is InChI=1S/C23H20FN3S/c24-19-10-8-17(9-11-19)22-23(18-12-14-25-15-13-18)27-21(26-22)7-4-16-28-20-5-2-1-3-6-20/h1-3,5-6,8-15H,4,7,16H2,(H,26,27). The van der Waals surface area contributed by atoms with E-state index in [1.165, 1.54) is 17.0 Å². The van der Waals surface area contributed by atoms with Crippen LogP contribution in [0.15, 0.2) is 84.0 Å². The van der Waals surface area contributed by atoms with Gasteiger partial charge in [-0.1, -0.05) is 18.2 Å². The van der Waals surface area contributed by atoms with Gasteiger partial charge in [-0.3, -0.25) is 4.98 Å². The Bertz CT molecular complexity index is 1010. The normalized spacial score (nSPS) is 10.9. The summed E-state index contributed by atoms with van der Waals surface area (Å²) in [4.78, 5) is 13.7. The summed E-state index contributed by atoms with van der Waals surface area (Å²) in [5.74, 6) is 1.73. The van der Waals surface area contributed by atoms with E-state index in [-0.39, 0.29) is 5.82 Å². The molecule has 5 heteroatoms. The molecule has 0 unspecified atom stereocenters. The van der Waals surface area contributed by atoms with Crippen LogP contribution in [0.4, 0.5) is 4.39 Å². The first-order valence-corrected chi connectivity index (χ1v) is 10.2. The van der Waals surface area contributed by atoms with E-state index in [1.807, 2.05) is 30.0 Å². The van der Waals surface area contributed by atoms with E-state index in [0.717, 1.165) is 46.9 Å². The van der Waals surface area contributed by atoms with Crippen LogP contribution in [-0.4, -0.2) is 20.7 Å². The molecule has 2 aromatic carbocycles. The van der Waals surface area contributed by atoms with Crippen molar-refractivity contribution in [2.45, 2.75) is 17.7 Å². The Morgan fingerprint density at radius 1 is 0.857 bits per heavy atom. The second-order valence-corrected chi connectivity index (χ2v) is 7.58. The Kier molecular flexibility index (Phi) is 5.83. The summed E-state index contributed by atoms with van der Waals surface area (Å²) in [6.45, 7) is 0. The maximum absolute atomic E-state index is 13.3. The molecule has 28 heavy (non-hydrogen) atoms. The highest BCUT2D eigenvalue weighted by Crippen LogP contribution is 2.30. The van der Waals surface area contributed by atoms with E-state index in [9.17, 15) is 4.39 Å². The molecule has 0 atom stereocenters. The summed E-state index contributed by atoms with van der Waals surface area (Å²) < 4.78 is 13.3. The first-order chi connectivity index (χ1) is 13.8. The summed E-state index contributed by atoms with van der Waals surface area (Å²) in [6, 6.07) is 20.8. The van der Waals surface area contributed by atoms with Crippen molar-refractivity contribution < 1.29 is 4.39 Å². The molecule has 0 aliphatic heterocycles. The van der Waals surface area contributed by atoms with Crippen LogP contribution in [0.25, 0.3) is 22.5 Å². The molecule has 0 saturated heterocycles. The van der Waals surface area contributed by atoms with E-state index >= 15 is 0 Å². The molecule has 4 aromatic rings. The number of H-pyrrole nitrogens is 1. The number of pyridine rings is 1. The van der Waals surface area contributed by atoms with E-state index in [2.05, 4.69) is 34.2 Å². The number of hydrogen-bond donors (Lipinski definition) is 1. The molecule has 0 fully saturated rings. The van der Waals surface area contributed by atoms with Gasteiger partial charge in [-0.15, -0.1) is 11.8 Å². The molecule has 0 spiro atoms. The number of hydrogen-bond acceptors (Lipinski definition) is 3. The average molecular weight is 389 g/mol. The number of aryl methyl sites for hydroxylation is 1. The molecule has 0 radical (unpaired) electrons. The third kappa shape index (κ3) is 4.49. The van der Waals surface area contributed by atoms with Gasteiger partial charge >= 0.3 is 0 Å². The van der Waals surface area contributed by atoms with Crippen LogP contribution >= 0.6 is 11.8 Å². The molecule has 4 rings (SSSR count). The summed E-state index contributed by atoms with van der Waals surface area (Å²) in [5, 5.41) is 0. The Hall–Kier alpha value is -2.92. The number of nitrogens with one attached hydrogen (secondary N) is 1. The number of imidazole rings is 1. The summed E-state index contributed by atoms with van der Waals surface area (Å²) in [7, 11) is 0. The van der Waals surface area contributed by atoms with Crippen molar-refractivity contribution in [1.29, 1.82) is 0 Å². The van der Waals surface area contributed by atoms with Crippen LogP contribution in [0.1, 0.15) is 12.2 Å². The number of halogens is 1. The van der Waals surface area contributed by atoms with Crippen molar-refractivity contribution in [2.75, 3.05) is 5.75 Å². The van der Waals surface area contributed by atoms with E-state index in [0.29, 0.717) is 0 Å². The van der Waals surface area contributed by atoms with Gasteiger partial charge in [0.05, 0.1) is 11.4 Å². The van der Waals surface area contributed by atoms with Crippen LogP contribution in [-0.2, 0) is 6.42 Å². The summed E-state index contributed by atoms with van der Waals surface area (Å²) in [5.41, 5.74) is 3.71. The summed E-state index contributed by atoms with van der Waals surface area (Å²) >= 11 is 1.85. The van der Waals surface area contributed by atoms with Gasteiger partial charge in [0.15, 0.2) is 0 Å². The van der Waals surface area contributed by atoms with Gasteiger partial charge in [-0.25, -0.2) is 9.37 Å². The lowest BCUT2D eigenvalue weighted by molar-refractivity contribution is 0.628. The lowest BCUT2D eigenvalue weighted by atomic mass is 10.1. The minimum Gasteiger partial charge on any atom is -0.341 e. The van der Waals surface area contributed by atoms with E-state index < -0.39 is 0 Å². The topological polar surface area (TPSA) is 41.6 Å². The highest BCUT2D eigenvalue weighted by molar-refractivity contribution is 7.99. The second kappa shape index (κ2) is 8.85. The fraction of sp³-hybridized carbons (Fsp3) is 0.130. The van der Waals surface area contributed by atoms with Crippen molar-refractivity contribution in [1.82, 2.24) is 15.0 Å². The fourth-order valence-corrected chi connectivity index (χ4v) is 3.91. The maximum atomic E-state index is 13.3. The smallest absolute Gasteiger partial charge is 0.123 e. The number of aromatic amines is 1. The molecular weight excluding hydrogens is 369 g/mol. The van der Waals surface area contributed by atoms with Gasteiger partial charge in [0.2, 0.25) is 0 Å². The predicted molar refractivity (Wildman–Crippen MR) is 113 cm³/mol. The third-order valence-electron chi connectivity index (χ3n) is 4.41. The minimum atomic E-state index is -0.247. The second-order valence-electron chi connectivity index (χ2n) is 6.41. The van der Waals surface area contributed by atoms with Crippen LogP contribution < -0.4 is 0 Å². The van der Waals surface area contributed by atoms with Crippen LogP contribution in [0.2, 0.25) is 0 Å². The van der Waals surface area contributed by atoms with E-state index in [1.54, 1.807) is 24.5 Å². The molecule has 3 nitrogen and oxygen atoms in total. The molecule has 0 aliphatic carbocycles. The Balaban J connectivity index is 1.52. The minimum absolute atomic E-state index is 0.247. The molecular formula is C23H20FN3S. The van der Waals surface area contributed by atoms with Gasteiger partial charge in [0.1, 0.15) is 11.6 Å². The quantitative estimate of drug-likeness (QED) is 0.311. The molecule has 0 amide bonds. The first-order valence-electron chi connectivity index (χ1n) is 9.23. The number of benzene rings is 2. The van der Waals surface area contributed by atoms with Gasteiger partial charge in [0, 0.05) is 34.8 Å². The van der Waals surface area contributed by atoms with Gasteiger partial charge in [-0.2, -0.15) is 0 Å². The Morgan fingerprint density at radius 2 is 1.61 bits per heavy atom. The van der Waals surface area contributed by atoms with Crippen molar-refractivity contribution in [3.63, 3.8) is 0 Å². The van der Waals surface area contributed by atoms with Crippen LogP contribution in [0.5, 0.6) is 0 Å². The zero-order valence-corrected chi connectivity index (χ0v) is 16.1. The van der Waals surface area contributed by atoms with Crippen molar-refractivity contribution in [3.05, 3.63) is 90.8 Å². The van der Waals surface area contributed by atoms with E-state index in [4.69, 9.17) is 4.98 Å². The Labute approximate surface area is 168 Å². The highest BCUT2D eigenvalue weighted by atomic mass is 32.2. The van der Waals surface area contributed by atoms with Gasteiger partial charge in [0.25, 0.3) is 0 Å². The predicted octanol–water partition coefficient (Wildman–Crippen LogP) is 6.00. The Morgan fingerprint density at radius 3 is 2.36 bits per heavy atom. The number of aromatic nitrogens is 3. The molecule has 2 aromatic heterocycles. The molecule has 1 N–H and O–H groups in total. The van der Waals surface area contributed by atoms with Crippen LogP contribution in [0.3, 0.4) is 0 Å². The lowest BCUT2D eigenvalue weighted by Crippen LogP contribution is -1.90. The molecule has 2 heterocycles.